The van der Waals surface area contributed by atoms with Gasteiger partial charge < -0.3 is 0 Å². The first-order valence-electron chi connectivity index (χ1n) is 5.35. The van der Waals surface area contributed by atoms with Crippen LogP contribution >= 0.6 is 0 Å². The third kappa shape index (κ3) is 2.41. The van der Waals surface area contributed by atoms with Crippen molar-refractivity contribution in [2.75, 3.05) is 13.1 Å². The van der Waals surface area contributed by atoms with Gasteiger partial charge in [-0.1, -0.05) is 13.8 Å². The number of rotatable bonds is 3. The Kier molecular flexibility index (Phi) is 3.81. The van der Waals surface area contributed by atoms with Crippen molar-refractivity contribution < 1.29 is 9.59 Å². The Morgan fingerprint density at radius 1 is 1.64 bits per heavy atom. The van der Waals surface area contributed by atoms with Gasteiger partial charge in [0.1, 0.15) is 11.6 Å². The van der Waals surface area contributed by atoms with Gasteiger partial charge in [0.15, 0.2) is 0 Å². The molecule has 0 saturated carbocycles. The van der Waals surface area contributed by atoms with Gasteiger partial charge in [0, 0.05) is 31.8 Å². The molecule has 80 valence electrons. The molecule has 0 amide bonds. The molecule has 3 heteroatoms. The second-order valence-corrected chi connectivity index (χ2v) is 4.11. The highest BCUT2D eigenvalue weighted by Gasteiger charge is 2.28. The maximum absolute atomic E-state index is 11.5. The molecule has 2 unspecified atom stereocenters. The average Bonchev–Trinajstić information content (AvgIpc) is 2.20. The highest BCUT2D eigenvalue weighted by molar-refractivity contribution is 5.85. The minimum atomic E-state index is -0.0180. The van der Waals surface area contributed by atoms with Crippen LogP contribution < -0.4 is 0 Å². The van der Waals surface area contributed by atoms with Gasteiger partial charge in [-0.05, 0) is 6.92 Å². The van der Waals surface area contributed by atoms with Crippen molar-refractivity contribution in [3.05, 3.63) is 0 Å². The van der Waals surface area contributed by atoms with Crippen LogP contribution in [0.25, 0.3) is 0 Å². The predicted molar refractivity (Wildman–Crippen MR) is 55.1 cm³/mol. The molecule has 0 N–H and O–H groups in total. The van der Waals surface area contributed by atoms with Gasteiger partial charge in [0.25, 0.3) is 0 Å². The zero-order valence-corrected chi connectivity index (χ0v) is 9.25. The van der Waals surface area contributed by atoms with E-state index in [1.165, 1.54) is 0 Å². The molecule has 14 heavy (non-hydrogen) atoms. The molecule has 1 rings (SSSR count). The van der Waals surface area contributed by atoms with Crippen molar-refractivity contribution in [3.8, 4) is 0 Å². The summed E-state index contributed by atoms with van der Waals surface area (Å²) in [6, 6.07) is -0.0180. The van der Waals surface area contributed by atoms with E-state index in [4.69, 9.17) is 0 Å². The Morgan fingerprint density at radius 3 is 2.79 bits per heavy atom. The fourth-order valence-electron chi connectivity index (χ4n) is 1.90. The normalized spacial score (nSPS) is 26.2. The van der Waals surface area contributed by atoms with E-state index in [0.717, 1.165) is 13.1 Å². The minimum absolute atomic E-state index is 0.0180. The van der Waals surface area contributed by atoms with E-state index in [9.17, 15) is 9.59 Å². The van der Waals surface area contributed by atoms with E-state index in [-0.39, 0.29) is 17.7 Å². The smallest absolute Gasteiger partial charge is 0.149 e. The molecule has 1 heterocycles. The van der Waals surface area contributed by atoms with Crippen LogP contribution in [0.1, 0.15) is 33.6 Å². The number of likely N-dealkylation sites (tertiary alicyclic amines) is 1. The summed E-state index contributed by atoms with van der Waals surface area (Å²) >= 11 is 0. The molecule has 1 fully saturated rings. The molecule has 1 aliphatic rings. The van der Waals surface area contributed by atoms with Crippen molar-refractivity contribution in [1.82, 2.24) is 4.90 Å². The summed E-state index contributed by atoms with van der Waals surface area (Å²) in [5.74, 6) is 0.694. The van der Waals surface area contributed by atoms with E-state index in [1.54, 1.807) is 0 Å². The molecule has 0 spiro atoms. The van der Waals surface area contributed by atoms with E-state index in [1.807, 2.05) is 20.8 Å². The number of carbonyl (C=O) groups excluding carboxylic acids is 2. The Bertz CT molecular complexity index is 237. The molecule has 0 radical (unpaired) electrons. The zero-order chi connectivity index (χ0) is 10.7. The number of Topliss-reactive ketones (excluding diaryl/α,β-unsaturated/α-hetero) is 2. The highest BCUT2D eigenvalue weighted by Crippen LogP contribution is 2.15. The highest BCUT2D eigenvalue weighted by atomic mass is 16.1. The standard InChI is InChI=1S/C11H19NO2/c1-4-10(13)9(3)12-6-5-11(14)8(2)7-12/h8-9H,4-7H2,1-3H3. The van der Waals surface area contributed by atoms with Gasteiger partial charge in [-0.3, -0.25) is 14.5 Å². The van der Waals surface area contributed by atoms with Crippen molar-refractivity contribution in [2.45, 2.75) is 39.7 Å². The summed E-state index contributed by atoms with van der Waals surface area (Å²) in [4.78, 5) is 24.9. The second kappa shape index (κ2) is 4.69. The van der Waals surface area contributed by atoms with Gasteiger partial charge in [0.05, 0.1) is 6.04 Å². The third-order valence-electron chi connectivity index (χ3n) is 3.07. The summed E-state index contributed by atoms with van der Waals surface area (Å²) < 4.78 is 0. The van der Waals surface area contributed by atoms with Gasteiger partial charge >= 0.3 is 0 Å². The molecule has 1 aliphatic heterocycles. The predicted octanol–water partition coefficient (Wildman–Crippen LogP) is 1.26. The van der Waals surface area contributed by atoms with Crippen LogP contribution in [0.15, 0.2) is 0 Å². The first kappa shape index (κ1) is 11.4. The summed E-state index contributed by atoms with van der Waals surface area (Å²) in [5.41, 5.74) is 0. The van der Waals surface area contributed by atoms with Gasteiger partial charge in [-0.2, -0.15) is 0 Å². The lowest BCUT2D eigenvalue weighted by atomic mass is 9.96. The first-order valence-corrected chi connectivity index (χ1v) is 5.35. The zero-order valence-electron chi connectivity index (χ0n) is 9.25. The van der Waals surface area contributed by atoms with E-state index < -0.39 is 0 Å². The van der Waals surface area contributed by atoms with Crippen molar-refractivity contribution in [3.63, 3.8) is 0 Å². The van der Waals surface area contributed by atoms with E-state index >= 15 is 0 Å². The molecular weight excluding hydrogens is 178 g/mol. The quantitative estimate of drug-likeness (QED) is 0.683. The molecule has 1 saturated heterocycles. The summed E-state index contributed by atoms with van der Waals surface area (Å²) in [6.45, 7) is 7.26. The maximum Gasteiger partial charge on any atom is 0.149 e. The average molecular weight is 197 g/mol. The fraction of sp³-hybridized carbons (Fsp3) is 0.818. The maximum atomic E-state index is 11.5. The topological polar surface area (TPSA) is 37.4 Å². The largest absolute Gasteiger partial charge is 0.299 e. The number of nitrogens with zero attached hydrogens (tertiary/aromatic N) is 1. The molecule has 0 aliphatic carbocycles. The molecular formula is C11H19NO2. The minimum Gasteiger partial charge on any atom is -0.299 e. The summed E-state index contributed by atoms with van der Waals surface area (Å²) in [7, 11) is 0. The first-order chi connectivity index (χ1) is 6.56. The Hall–Kier alpha value is -0.700. The lowest BCUT2D eigenvalue weighted by Gasteiger charge is -2.33. The fourth-order valence-corrected chi connectivity index (χ4v) is 1.90. The summed E-state index contributed by atoms with van der Waals surface area (Å²) in [5, 5.41) is 0. The van der Waals surface area contributed by atoms with Gasteiger partial charge in [-0.15, -0.1) is 0 Å². The van der Waals surface area contributed by atoms with Gasteiger partial charge in [0.2, 0.25) is 0 Å². The molecule has 3 nitrogen and oxygen atoms in total. The third-order valence-corrected chi connectivity index (χ3v) is 3.07. The number of piperidine rings is 1. The molecule has 2 atom stereocenters. The Morgan fingerprint density at radius 2 is 2.29 bits per heavy atom. The van der Waals surface area contributed by atoms with Crippen LogP contribution in [-0.2, 0) is 9.59 Å². The number of carbonyl (C=O) groups is 2. The van der Waals surface area contributed by atoms with Crippen molar-refractivity contribution in [2.24, 2.45) is 5.92 Å². The van der Waals surface area contributed by atoms with Crippen LogP contribution in [0.4, 0.5) is 0 Å². The van der Waals surface area contributed by atoms with Crippen LogP contribution in [-0.4, -0.2) is 35.6 Å². The van der Waals surface area contributed by atoms with Crippen molar-refractivity contribution in [1.29, 1.82) is 0 Å². The summed E-state index contributed by atoms with van der Waals surface area (Å²) in [6.07, 6.45) is 1.18. The lowest BCUT2D eigenvalue weighted by Crippen LogP contribution is -2.47. The SMILES string of the molecule is CCC(=O)C(C)N1CCC(=O)C(C)C1. The lowest BCUT2D eigenvalue weighted by molar-refractivity contribution is -0.130. The molecule has 0 bridgehead atoms. The van der Waals surface area contributed by atoms with Crippen LogP contribution in [0.2, 0.25) is 0 Å². The number of hydrogen-bond donors (Lipinski definition) is 0. The van der Waals surface area contributed by atoms with Crippen LogP contribution in [0, 0.1) is 5.92 Å². The Labute approximate surface area is 85.5 Å². The monoisotopic (exact) mass is 197 g/mol. The molecule has 0 aromatic heterocycles. The Balaban J connectivity index is 2.54. The van der Waals surface area contributed by atoms with Crippen molar-refractivity contribution >= 4 is 11.6 Å². The van der Waals surface area contributed by atoms with Crippen LogP contribution in [0.5, 0.6) is 0 Å². The molecule has 0 aromatic rings. The second-order valence-electron chi connectivity index (χ2n) is 4.11. The van der Waals surface area contributed by atoms with Crippen LogP contribution in [0.3, 0.4) is 0 Å². The van der Waals surface area contributed by atoms with Gasteiger partial charge in [-0.25, -0.2) is 0 Å². The van der Waals surface area contributed by atoms with E-state index in [0.29, 0.717) is 18.6 Å². The van der Waals surface area contributed by atoms with E-state index in [2.05, 4.69) is 4.90 Å². The number of ketones is 2. The number of hydrogen-bond acceptors (Lipinski definition) is 3. The molecule has 0 aromatic carbocycles.